The van der Waals surface area contributed by atoms with Gasteiger partial charge in [-0.05, 0) is 50.2 Å². The zero-order valence-corrected chi connectivity index (χ0v) is 11.5. The van der Waals surface area contributed by atoms with Crippen LogP contribution in [0.5, 0.6) is 0 Å². The van der Waals surface area contributed by atoms with Crippen LogP contribution < -0.4 is 0 Å². The molecule has 0 bridgehead atoms. The zero-order valence-electron chi connectivity index (χ0n) is 11.5. The molecule has 0 amide bonds. The SMILES string of the molecule is C[C@H]1CCN(CC(C)(C)C2CCN(C)C2)C1. The van der Waals surface area contributed by atoms with E-state index in [1.807, 2.05) is 0 Å². The van der Waals surface area contributed by atoms with Crippen LogP contribution in [0.4, 0.5) is 0 Å². The Morgan fingerprint density at radius 3 is 2.38 bits per heavy atom. The molecule has 2 heterocycles. The number of rotatable bonds is 3. The summed E-state index contributed by atoms with van der Waals surface area (Å²) < 4.78 is 0. The van der Waals surface area contributed by atoms with Crippen molar-refractivity contribution in [2.75, 3.05) is 39.8 Å². The van der Waals surface area contributed by atoms with Crippen LogP contribution in [0.1, 0.15) is 33.6 Å². The summed E-state index contributed by atoms with van der Waals surface area (Å²) in [6, 6.07) is 0. The molecular weight excluding hydrogens is 196 g/mol. The predicted octanol–water partition coefficient (Wildman–Crippen LogP) is 2.31. The van der Waals surface area contributed by atoms with E-state index in [0.29, 0.717) is 5.41 Å². The third-order valence-corrected chi connectivity index (χ3v) is 4.64. The van der Waals surface area contributed by atoms with Crippen LogP contribution in [-0.4, -0.2) is 49.6 Å². The van der Waals surface area contributed by atoms with Gasteiger partial charge in [0.1, 0.15) is 0 Å². The van der Waals surface area contributed by atoms with Gasteiger partial charge in [0.15, 0.2) is 0 Å². The van der Waals surface area contributed by atoms with Gasteiger partial charge in [-0.3, -0.25) is 0 Å². The van der Waals surface area contributed by atoms with Gasteiger partial charge < -0.3 is 9.80 Å². The normalized spacial score (nSPS) is 33.8. The van der Waals surface area contributed by atoms with Crippen molar-refractivity contribution in [2.24, 2.45) is 17.3 Å². The molecule has 2 atom stereocenters. The minimum absolute atomic E-state index is 0.495. The number of hydrogen-bond donors (Lipinski definition) is 0. The second-order valence-corrected chi connectivity index (χ2v) is 6.87. The van der Waals surface area contributed by atoms with E-state index in [1.165, 1.54) is 45.6 Å². The highest BCUT2D eigenvalue weighted by Gasteiger charge is 2.36. The molecule has 16 heavy (non-hydrogen) atoms. The summed E-state index contributed by atoms with van der Waals surface area (Å²) >= 11 is 0. The summed E-state index contributed by atoms with van der Waals surface area (Å²) in [7, 11) is 2.26. The second kappa shape index (κ2) is 4.66. The molecular formula is C14H28N2. The minimum atomic E-state index is 0.495. The lowest BCUT2D eigenvalue weighted by molar-refractivity contribution is 0.136. The van der Waals surface area contributed by atoms with Gasteiger partial charge in [0.25, 0.3) is 0 Å². The topological polar surface area (TPSA) is 6.48 Å². The van der Waals surface area contributed by atoms with Gasteiger partial charge in [-0.15, -0.1) is 0 Å². The molecule has 2 aliphatic rings. The minimum Gasteiger partial charge on any atom is -0.306 e. The molecule has 2 fully saturated rings. The summed E-state index contributed by atoms with van der Waals surface area (Å²) in [5, 5.41) is 0. The molecule has 0 aromatic rings. The summed E-state index contributed by atoms with van der Waals surface area (Å²) in [5.74, 6) is 1.82. The largest absolute Gasteiger partial charge is 0.306 e. The van der Waals surface area contributed by atoms with Crippen molar-refractivity contribution in [3.05, 3.63) is 0 Å². The molecule has 0 aromatic heterocycles. The molecule has 0 radical (unpaired) electrons. The monoisotopic (exact) mass is 224 g/mol. The molecule has 2 saturated heterocycles. The third kappa shape index (κ3) is 2.78. The smallest absolute Gasteiger partial charge is 0.00359 e. The Kier molecular flexibility index (Phi) is 3.60. The lowest BCUT2D eigenvalue weighted by atomic mass is 9.78. The van der Waals surface area contributed by atoms with Crippen molar-refractivity contribution in [2.45, 2.75) is 33.6 Å². The van der Waals surface area contributed by atoms with Crippen molar-refractivity contribution >= 4 is 0 Å². The van der Waals surface area contributed by atoms with Gasteiger partial charge in [-0.25, -0.2) is 0 Å². The number of nitrogens with zero attached hydrogens (tertiary/aromatic N) is 2. The molecule has 94 valence electrons. The lowest BCUT2D eigenvalue weighted by Crippen LogP contribution is -2.38. The summed E-state index contributed by atoms with van der Waals surface area (Å²) in [6.45, 7) is 13.9. The fourth-order valence-corrected chi connectivity index (χ4v) is 3.45. The van der Waals surface area contributed by atoms with E-state index in [4.69, 9.17) is 0 Å². The third-order valence-electron chi connectivity index (χ3n) is 4.64. The van der Waals surface area contributed by atoms with E-state index in [1.54, 1.807) is 0 Å². The number of likely N-dealkylation sites (tertiary alicyclic amines) is 2. The summed E-state index contributed by atoms with van der Waals surface area (Å²) in [6.07, 6.45) is 2.80. The van der Waals surface area contributed by atoms with Gasteiger partial charge in [0, 0.05) is 19.6 Å². The van der Waals surface area contributed by atoms with E-state index >= 15 is 0 Å². The molecule has 0 saturated carbocycles. The van der Waals surface area contributed by atoms with Crippen LogP contribution >= 0.6 is 0 Å². The Morgan fingerprint density at radius 2 is 1.88 bits per heavy atom. The zero-order chi connectivity index (χ0) is 11.8. The van der Waals surface area contributed by atoms with Crippen LogP contribution in [0.3, 0.4) is 0 Å². The van der Waals surface area contributed by atoms with E-state index in [2.05, 4.69) is 37.6 Å². The first-order valence-electron chi connectivity index (χ1n) is 6.88. The van der Waals surface area contributed by atoms with Gasteiger partial charge in [0.2, 0.25) is 0 Å². The van der Waals surface area contributed by atoms with Crippen LogP contribution in [0.2, 0.25) is 0 Å². The van der Waals surface area contributed by atoms with Crippen molar-refractivity contribution in [3.8, 4) is 0 Å². The quantitative estimate of drug-likeness (QED) is 0.726. The highest BCUT2D eigenvalue weighted by atomic mass is 15.2. The average molecular weight is 224 g/mol. The molecule has 2 aliphatic heterocycles. The van der Waals surface area contributed by atoms with Crippen molar-refractivity contribution < 1.29 is 0 Å². The molecule has 0 N–H and O–H groups in total. The lowest BCUT2D eigenvalue weighted by Gasteiger charge is -2.35. The summed E-state index contributed by atoms with van der Waals surface area (Å²) in [4.78, 5) is 5.17. The Balaban J connectivity index is 1.87. The van der Waals surface area contributed by atoms with E-state index < -0.39 is 0 Å². The molecule has 0 aliphatic carbocycles. The molecule has 0 aromatic carbocycles. The highest BCUT2D eigenvalue weighted by molar-refractivity contribution is 4.89. The maximum Gasteiger partial charge on any atom is 0.00359 e. The van der Waals surface area contributed by atoms with E-state index in [-0.39, 0.29) is 0 Å². The van der Waals surface area contributed by atoms with Gasteiger partial charge in [-0.2, -0.15) is 0 Å². The Morgan fingerprint density at radius 1 is 1.12 bits per heavy atom. The predicted molar refractivity (Wildman–Crippen MR) is 69.6 cm³/mol. The maximum atomic E-state index is 2.68. The van der Waals surface area contributed by atoms with E-state index in [0.717, 1.165) is 11.8 Å². The fourth-order valence-electron chi connectivity index (χ4n) is 3.45. The maximum absolute atomic E-state index is 2.68. The molecule has 0 spiro atoms. The number of hydrogen-bond acceptors (Lipinski definition) is 2. The van der Waals surface area contributed by atoms with Crippen LogP contribution in [0.15, 0.2) is 0 Å². The summed E-state index contributed by atoms with van der Waals surface area (Å²) in [5.41, 5.74) is 0.495. The van der Waals surface area contributed by atoms with Gasteiger partial charge in [-0.1, -0.05) is 20.8 Å². The van der Waals surface area contributed by atoms with Crippen molar-refractivity contribution in [1.82, 2.24) is 9.80 Å². The van der Waals surface area contributed by atoms with Gasteiger partial charge >= 0.3 is 0 Å². The molecule has 2 heteroatoms. The van der Waals surface area contributed by atoms with Crippen LogP contribution in [-0.2, 0) is 0 Å². The van der Waals surface area contributed by atoms with Crippen molar-refractivity contribution in [1.29, 1.82) is 0 Å². The Bertz CT molecular complexity index is 237. The Hall–Kier alpha value is -0.0800. The van der Waals surface area contributed by atoms with Crippen LogP contribution in [0, 0.1) is 17.3 Å². The Labute approximate surface area is 101 Å². The molecule has 2 nitrogen and oxygen atoms in total. The van der Waals surface area contributed by atoms with E-state index in [9.17, 15) is 0 Å². The first kappa shape index (κ1) is 12.4. The van der Waals surface area contributed by atoms with Gasteiger partial charge in [0.05, 0.1) is 0 Å². The molecule has 1 unspecified atom stereocenters. The molecule has 2 rings (SSSR count). The average Bonchev–Trinajstić information content (AvgIpc) is 2.75. The van der Waals surface area contributed by atoms with Crippen molar-refractivity contribution in [3.63, 3.8) is 0 Å². The second-order valence-electron chi connectivity index (χ2n) is 6.87. The highest BCUT2D eigenvalue weighted by Crippen LogP contribution is 2.35. The van der Waals surface area contributed by atoms with Crippen LogP contribution in [0.25, 0.3) is 0 Å². The first-order valence-corrected chi connectivity index (χ1v) is 6.88. The fraction of sp³-hybridized carbons (Fsp3) is 1.00. The standard InChI is InChI=1S/C14H28N2/c1-12-5-8-16(9-12)11-14(2,3)13-6-7-15(4)10-13/h12-13H,5-11H2,1-4H3/t12-,13?/m0/s1. The first-order chi connectivity index (χ1) is 7.47.